The average molecular weight is 748 g/mol. The molecule has 0 saturated heterocycles. The first-order chi connectivity index (χ1) is 28.3. The van der Waals surface area contributed by atoms with E-state index in [-0.39, 0.29) is 0 Å². The quantitative estimate of drug-likeness (QED) is 0.176. The minimum absolute atomic E-state index is 0.663. The number of rotatable bonds is 5. The van der Waals surface area contributed by atoms with E-state index in [2.05, 4.69) is 124 Å². The van der Waals surface area contributed by atoms with E-state index in [0.29, 0.717) is 17.5 Å². The Morgan fingerprint density at radius 1 is 0.439 bits per heavy atom. The van der Waals surface area contributed by atoms with Gasteiger partial charge < -0.3 is 9.13 Å². The van der Waals surface area contributed by atoms with Crippen LogP contribution in [0.2, 0.25) is 0 Å². The molecule has 57 heavy (non-hydrogen) atoms. The van der Waals surface area contributed by atoms with Crippen molar-refractivity contribution in [1.29, 1.82) is 0 Å². The Labute approximate surface area is 332 Å². The fourth-order valence-electron chi connectivity index (χ4n) is 8.80. The Balaban J connectivity index is 1.04. The Bertz CT molecular complexity index is 3400. The number of thiophene rings is 1. The minimum atomic E-state index is 0.663. The first kappa shape index (κ1) is 32.1. The van der Waals surface area contributed by atoms with Gasteiger partial charge >= 0.3 is 0 Å². The van der Waals surface area contributed by atoms with Crippen LogP contribution in [0, 0.1) is 0 Å². The van der Waals surface area contributed by atoms with E-state index in [1.807, 2.05) is 72.0 Å². The van der Waals surface area contributed by atoms with Crippen LogP contribution in [-0.4, -0.2) is 24.1 Å². The number of allylic oxidation sites excluding steroid dienone is 4. The molecule has 12 rings (SSSR count). The van der Waals surface area contributed by atoms with E-state index in [0.717, 1.165) is 35.2 Å². The molecular weight excluding hydrogens is 715 g/mol. The maximum atomic E-state index is 5.01. The number of para-hydroxylation sites is 2. The number of benzene rings is 7. The molecule has 0 amide bonds. The number of aromatic nitrogens is 5. The van der Waals surface area contributed by atoms with Crippen LogP contribution in [0.1, 0.15) is 12.8 Å². The maximum absolute atomic E-state index is 5.01. The zero-order valence-corrected chi connectivity index (χ0v) is 31.6. The second-order valence-corrected chi connectivity index (χ2v) is 15.8. The standard InChI is InChI=1S/C51H33N5S/c1-4-14-32(15-5-1)49-52-50(33-16-6-2-7-17-33)54-51(53-49)34-24-26-38-41-31-36(25-29-45(41)57-46(38)30-34)55-43-23-13-11-21-40(43)47-44(55)28-27-39-37-20-10-12-22-42(37)56(48(39)47)35-18-8-3-9-19-35/h1-2,4-8,10-31H,3,9H2. The van der Waals surface area contributed by atoms with Gasteiger partial charge in [-0.25, -0.2) is 15.0 Å². The third-order valence-electron chi connectivity index (χ3n) is 11.4. The molecule has 0 N–H and O–H groups in total. The van der Waals surface area contributed by atoms with Gasteiger partial charge in [-0.2, -0.15) is 0 Å². The molecule has 5 nitrogen and oxygen atoms in total. The Kier molecular flexibility index (Phi) is 7.16. The van der Waals surface area contributed by atoms with Crippen molar-refractivity contribution in [2.24, 2.45) is 0 Å². The van der Waals surface area contributed by atoms with Crippen LogP contribution in [0.4, 0.5) is 0 Å². The molecule has 11 aromatic rings. The van der Waals surface area contributed by atoms with Crippen LogP contribution in [-0.2, 0) is 0 Å². The van der Waals surface area contributed by atoms with Crippen LogP contribution < -0.4 is 0 Å². The van der Waals surface area contributed by atoms with Gasteiger partial charge in [0, 0.05) is 69.8 Å². The molecule has 0 atom stereocenters. The maximum Gasteiger partial charge on any atom is 0.164 e. The van der Waals surface area contributed by atoms with Crippen molar-refractivity contribution in [3.8, 4) is 39.9 Å². The summed E-state index contributed by atoms with van der Waals surface area (Å²) < 4.78 is 7.39. The first-order valence-corrected chi connectivity index (χ1v) is 20.2. The molecule has 0 radical (unpaired) electrons. The van der Waals surface area contributed by atoms with Crippen molar-refractivity contribution in [2.45, 2.75) is 12.8 Å². The van der Waals surface area contributed by atoms with Crippen molar-refractivity contribution < 1.29 is 0 Å². The molecule has 4 aromatic heterocycles. The van der Waals surface area contributed by atoms with Crippen LogP contribution >= 0.6 is 11.3 Å². The molecule has 0 bridgehead atoms. The molecule has 0 aliphatic heterocycles. The summed E-state index contributed by atoms with van der Waals surface area (Å²) in [5, 5.41) is 7.55. The van der Waals surface area contributed by atoms with Crippen LogP contribution in [0.5, 0.6) is 0 Å². The van der Waals surface area contributed by atoms with Gasteiger partial charge in [-0.1, -0.05) is 127 Å². The van der Waals surface area contributed by atoms with Crippen molar-refractivity contribution in [2.75, 3.05) is 0 Å². The summed E-state index contributed by atoms with van der Waals surface area (Å²) in [4.78, 5) is 14.9. The third-order valence-corrected chi connectivity index (χ3v) is 12.5. The second-order valence-electron chi connectivity index (χ2n) is 14.7. The highest BCUT2D eigenvalue weighted by Gasteiger charge is 2.22. The Morgan fingerprint density at radius 2 is 1.09 bits per heavy atom. The zero-order chi connectivity index (χ0) is 37.5. The van der Waals surface area contributed by atoms with Gasteiger partial charge in [0.1, 0.15) is 0 Å². The minimum Gasteiger partial charge on any atom is -0.309 e. The highest BCUT2D eigenvalue weighted by Crippen LogP contribution is 2.44. The molecule has 0 spiro atoms. The number of hydrogen-bond acceptors (Lipinski definition) is 4. The van der Waals surface area contributed by atoms with E-state index >= 15 is 0 Å². The number of hydrogen-bond donors (Lipinski definition) is 0. The van der Waals surface area contributed by atoms with E-state index in [1.54, 1.807) is 0 Å². The van der Waals surface area contributed by atoms with E-state index in [9.17, 15) is 0 Å². The average Bonchev–Trinajstić information content (AvgIpc) is 3.94. The highest BCUT2D eigenvalue weighted by molar-refractivity contribution is 7.25. The molecule has 0 fully saturated rings. The second kappa shape index (κ2) is 12.7. The summed E-state index contributed by atoms with van der Waals surface area (Å²) in [6.45, 7) is 0. The highest BCUT2D eigenvalue weighted by atomic mass is 32.1. The number of fused-ring (bicyclic) bond motifs is 10. The van der Waals surface area contributed by atoms with Crippen molar-refractivity contribution in [3.05, 3.63) is 176 Å². The van der Waals surface area contributed by atoms with Gasteiger partial charge in [0.2, 0.25) is 0 Å². The largest absolute Gasteiger partial charge is 0.309 e. The molecule has 1 aliphatic rings. The van der Waals surface area contributed by atoms with Gasteiger partial charge in [0.25, 0.3) is 0 Å². The molecule has 7 aromatic carbocycles. The molecule has 0 saturated carbocycles. The smallest absolute Gasteiger partial charge is 0.164 e. The zero-order valence-electron chi connectivity index (χ0n) is 30.8. The summed E-state index contributed by atoms with van der Waals surface area (Å²) in [6, 6.07) is 56.2. The van der Waals surface area contributed by atoms with Crippen molar-refractivity contribution in [1.82, 2.24) is 24.1 Å². The first-order valence-electron chi connectivity index (χ1n) is 19.4. The predicted octanol–water partition coefficient (Wildman–Crippen LogP) is 13.6. The van der Waals surface area contributed by atoms with Crippen molar-refractivity contribution in [3.63, 3.8) is 0 Å². The van der Waals surface area contributed by atoms with Crippen molar-refractivity contribution >= 4 is 80.8 Å². The molecule has 6 heteroatoms. The summed E-state index contributed by atoms with van der Waals surface area (Å²) >= 11 is 1.81. The van der Waals surface area contributed by atoms with E-state index in [1.165, 1.54) is 69.5 Å². The third kappa shape index (κ3) is 5.04. The lowest BCUT2D eigenvalue weighted by Gasteiger charge is -2.13. The van der Waals surface area contributed by atoms with Gasteiger partial charge in [-0.05, 0) is 61.4 Å². The van der Waals surface area contributed by atoms with Crippen LogP contribution in [0.3, 0.4) is 0 Å². The summed E-state index contributed by atoms with van der Waals surface area (Å²) in [5.74, 6) is 1.99. The Hall–Kier alpha value is -7.15. The van der Waals surface area contributed by atoms with Gasteiger partial charge in [0.05, 0.1) is 22.1 Å². The van der Waals surface area contributed by atoms with Gasteiger partial charge in [-0.3, -0.25) is 0 Å². The fourth-order valence-corrected chi connectivity index (χ4v) is 9.93. The molecule has 268 valence electrons. The summed E-state index contributed by atoms with van der Waals surface area (Å²) in [7, 11) is 0. The normalized spacial score (nSPS) is 13.2. The van der Waals surface area contributed by atoms with Gasteiger partial charge in [0.15, 0.2) is 17.5 Å². The summed E-state index contributed by atoms with van der Waals surface area (Å²) in [5.41, 5.74) is 10.2. The SMILES string of the molecule is C1=CC(n2c3ccccc3c3ccc4c(c5ccccc5n4-c4ccc5sc6cc(-c7nc(-c8ccccc8)nc(-c8ccccc8)n7)ccc6c5c4)c32)=CCC1. The van der Waals surface area contributed by atoms with Gasteiger partial charge in [-0.15, -0.1) is 11.3 Å². The fraction of sp³-hybridized carbons (Fsp3) is 0.0392. The lowest BCUT2D eigenvalue weighted by atomic mass is 10.1. The molecule has 0 unspecified atom stereocenters. The lowest BCUT2D eigenvalue weighted by Crippen LogP contribution is -1.99. The lowest BCUT2D eigenvalue weighted by molar-refractivity contribution is 1.02. The topological polar surface area (TPSA) is 48.5 Å². The Morgan fingerprint density at radius 3 is 1.81 bits per heavy atom. The van der Waals surface area contributed by atoms with E-state index in [4.69, 9.17) is 15.0 Å². The predicted molar refractivity (Wildman–Crippen MR) is 239 cm³/mol. The molecule has 4 heterocycles. The molecular formula is C51H33N5S. The van der Waals surface area contributed by atoms with Crippen LogP contribution in [0.25, 0.3) is 109 Å². The monoisotopic (exact) mass is 747 g/mol. The molecule has 1 aliphatic carbocycles. The van der Waals surface area contributed by atoms with E-state index < -0.39 is 0 Å². The summed E-state index contributed by atoms with van der Waals surface area (Å²) in [6.07, 6.45) is 9.11. The number of nitrogens with zero attached hydrogens (tertiary/aromatic N) is 5. The van der Waals surface area contributed by atoms with Crippen LogP contribution in [0.15, 0.2) is 176 Å².